The third-order valence-electron chi connectivity index (χ3n) is 5.65. The lowest BCUT2D eigenvalue weighted by molar-refractivity contribution is -0.130. The molecule has 2 aromatic rings. The molecule has 0 unspecified atom stereocenters. The van der Waals surface area contributed by atoms with Crippen LogP contribution < -0.4 is 15.5 Å². The molecule has 11 heteroatoms. The Morgan fingerprint density at radius 2 is 2.17 bits per heavy atom. The van der Waals surface area contributed by atoms with Crippen LogP contribution in [0.4, 0.5) is 22.1 Å². The van der Waals surface area contributed by atoms with E-state index in [2.05, 4.69) is 26.7 Å². The van der Waals surface area contributed by atoms with E-state index in [0.29, 0.717) is 61.5 Å². The molecule has 0 fully saturated rings. The van der Waals surface area contributed by atoms with E-state index < -0.39 is 6.03 Å². The molecule has 0 bridgehead atoms. The number of nitrogens with one attached hydrogen (secondary N) is 2. The average molecular weight is 480 g/mol. The number of carbonyl (C=O) groups is 3. The van der Waals surface area contributed by atoms with Gasteiger partial charge >= 0.3 is 6.03 Å². The van der Waals surface area contributed by atoms with Crippen LogP contribution in [0.5, 0.6) is 0 Å². The number of anilines is 3. The van der Waals surface area contributed by atoms with E-state index in [1.807, 2.05) is 6.07 Å². The maximum absolute atomic E-state index is 13.1. The standard InChI is InChI=1S/C24H29N7O4/c1-4-22(33)30(2)14-17-10-16-6-5-8-31(23(16)28-20(17)15-32)24(34)29-21-11-19(26-7-9-35-3)18(12-25)13-27-21/h10-11,13,15H,4-9,14H2,1-3H3,(H2,26,27,29,34). The summed E-state index contributed by atoms with van der Waals surface area (Å²) in [5.74, 6) is 0.649. The van der Waals surface area contributed by atoms with Crippen LogP contribution in [0.3, 0.4) is 0 Å². The van der Waals surface area contributed by atoms with Crippen LogP contribution in [-0.2, 0) is 22.5 Å². The maximum Gasteiger partial charge on any atom is 0.328 e. The Kier molecular flexibility index (Phi) is 8.69. The largest absolute Gasteiger partial charge is 0.383 e. The van der Waals surface area contributed by atoms with Crippen LogP contribution in [0.15, 0.2) is 18.3 Å². The van der Waals surface area contributed by atoms with Gasteiger partial charge in [-0.1, -0.05) is 6.92 Å². The van der Waals surface area contributed by atoms with E-state index in [9.17, 15) is 19.6 Å². The lowest BCUT2D eigenvalue weighted by Crippen LogP contribution is -2.40. The molecule has 0 aromatic carbocycles. The molecule has 0 saturated heterocycles. The normalized spacial score (nSPS) is 12.3. The molecule has 11 nitrogen and oxygen atoms in total. The summed E-state index contributed by atoms with van der Waals surface area (Å²) in [6, 6.07) is 5.06. The van der Waals surface area contributed by atoms with Gasteiger partial charge in [0.05, 0.1) is 17.9 Å². The fraction of sp³-hybridized carbons (Fsp3) is 0.417. The van der Waals surface area contributed by atoms with Gasteiger partial charge in [0.1, 0.15) is 23.4 Å². The van der Waals surface area contributed by atoms with Gasteiger partial charge in [-0.25, -0.2) is 14.8 Å². The lowest BCUT2D eigenvalue weighted by atomic mass is 10.0. The van der Waals surface area contributed by atoms with E-state index >= 15 is 0 Å². The fourth-order valence-electron chi connectivity index (χ4n) is 3.82. The third-order valence-corrected chi connectivity index (χ3v) is 5.65. The molecule has 0 atom stereocenters. The molecule has 35 heavy (non-hydrogen) atoms. The fourth-order valence-corrected chi connectivity index (χ4v) is 3.82. The number of carbonyl (C=O) groups excluding carboxylic acids is 3. The second-order valence-corrected chi connectivity index (χ2v) is 8.07. The molecule has 2 aromatic heterocycles. The first-order valence-electron chi connectivity index (χ1n) is 11.3. The van der Waals surface area contributed by atoms with Crippen LogP contribution in [0.1, 0.15) is 46.9 Å². The van der Waals surface area contributed by atoms with E-state index in [1.165, 1.54) is 11.1 Å². The van der Waals surface area contributed by atoms with Gasteiger partial charge in [0, 0.05) is 58.0 Å². The van der Waals surface area contributed by atoms with Gasteiger partial charge in [0.15, 0.2) is 6.29 Å². The van der Waals surface area contributed by atoms with Crippen molar-refractivity contribution in [3.63, 3.8) is 0 Å². The number of pyridine rings is 2. The number of hydrogen-bond donors (Lipinski definition) is 2. The summed E-state index contributed by atoms with van der Waals surface area (Å²) in [5.41, 5.74) is 2.55. The number of nitrogens with zero attached hydrogens (tertiary/aromatic N) is 5. The van der Waals surface area contributed by atoms with E-state index in [4.69, 9.17) is 4.74 Å². The summed E-state index contributed by atoms with van der Waals surface area (Å²) in [7, 11) is 3.26. The number of aldehydes is 1. The number of aromatic nitrogens is 2. The van der Waals surface area contributed by atoms with Crippen molar-refractivity contribution in [2.24, 2.45) is 0 Å². The number of amides is 3. The maximum atomic E-state index is 13.1. The molecular formula is C24H29N7O4. The van der Waals surface area contributed by atoms with E-state index in [0.717, 1.165) is 12.0 Å². The summed E-state index contributed by atoms with van der Waals surface area (Å²) in [5, 5.41) is 15.2. The molecule has 0 aliphatic carbocycles. The van der Waals surface area contributed by atoms with Crippen LogP contribution >= 0.6 is 0 Å². The molecule has 0 saturated carbocycles. The number of rotatable bonds is 9. The zero-order chi connectivity index (χ0) is 25.4. The van der Waals surface area contributed by atoms with Crippen molar-refractivity contribution >= 4 is 35.5 Å². The Balaban J connectivity index is 1.83. The molecule has 3 heterocycles. The first kappa shape index (κ1) is 25.6. The molecular weight excluding hydrogens is 450 g/mol. The van der Waals surface area contributed by atoms with Gasteiger partial charge in [-0.05, 0) is 24.5 Å². The Morgan fingerprint density at radius 1 is 1.37 bits per heavy atom. The minimum Gasteiger partial charge on any atom is -0.383 e. The van der Waals surface area contributed by atoms with Crippen molar-refractivity contribution in [2.75, 3.05) is 49.4 Å². The van der Waals surface area contributed by atoms with Crippen molar-refractivity contribution in [1.29, 1.82) is 5.26 Å². The van der Waals surface area contributed by atoms with Crippen molar-refractivity contribution in [2.45, 2.75) is 32.7 Å². The smallest absolute Gasteiger partial charge is 0.328 e. The molecule has 1 aliphatic heterocycles. The monoisotopic (exact) mass is 479 g/mol. The van der Waals surface area contributed by atoms with Crippen LogP contribution in [0.25, 0.3) is 0 Å². The molecule has 0 radical (unpaired) electrons. The van der Waals surface area contributed by atoms with Gasteiger partial charge < -0.3 is 15.0 Å². The second kappa shape index (κ2) is 11.9. The molecule has 0 spiro atoms. The minimum atomic E-state index is -0.443. The van der Waals surface area contributed by atoms with Gasteiger partial charge in [-0.2, -0.15) is 5.26 Å². The van der Waals surface area contributed by atoms with Crippen LogP contribution in [0, 0.1) is 11.3 Å². The highest BCUT2D eigenvalue weighted by Crippen LogP contribution is 2.28. The zero-order valence-electron chi connectivity index (χ0n) is 20.1. The summed E-state index contributed by atoms with van der Waals surface area (Å²) in [6.07, 6.45) is 3.82. The predicted octanol–water partition coefficient (Wildman–Crippen LogP) is 2.57. The highest BCUT2D eigenvalue weighted by Gasteiger charge is 2.26. The third kappa shape index (κ3) is 6.10. The SMILES string of the molecule is CCC(=O)N(C)Cc1cc2c(nc1C=O)N(C(=O)Nc1cc(NCCOC)c(C#N)cn1)CCC2. The predicted molar refractivity (Wildman–Crippen MR) is 130 cm³/mol. The molecule has 3 amide bonds. The molecule has 3 rings (SSSR count). The minimum absolute atomic E-state index is 0.0356. The summed E-state index contributed by atoms with van der Waals surface area (Å²) in [4.78, 5) is 48.6. The van der Waals surface area contributed by atoms with Gasteiger partial charge in [0.2, 0.25) is 5.91 Å². The number of nitriles is 1. The van der Waals surface area contributed by atoms with Crippen molar-refractivity contribution in [3.8, 4) is 6.07 Å². The summed E-state index contributed by atoms with van der Waals surface area (Å²) in [6.45, 7) is 3.41. The van der Waals surface area contributed by atoms with Crippen LogP contribution in [0.2, 0.25) is 0 Å². The number of hydrogen-bond acceptors (Lipinski definition) is 8. The second-order valence-electron chi connectivity index (χ2n) is 8.07. The van der Waals surface area contributed by atoms with E-state index in [1.54, 1.807) is 32.0 Å². The Bertz CT molecular complexity index is 1150. The quantitative estimate of drug-likeness (QED) is 0.413. The molecule has 2 N–H and O–H groups in total. The van der Waals surface area contributed by atoms with Crippen molar-refractivity contribution in [3.05, 3.63) is 40.7 Å². The van der Waals surface area contributed by atoms with Gasteiger partial charge in [-0.15, -0.1) is 0 Å². The average Bonchev–Trinajstić information content (AvgIpc) is 2.87. The molecule has 1 aliphatic rings. The van der Waals surface area contributed by atoms with Crippen molar-refractivity contribution < 1.29 is 19.1 Å². The van der Waals surface area contributed by atoms with Crippen LogP contribution in [-0.4, -0.2) is 66.9 Å². The van der Waals surface area contributed by atoms with E-state index in [-0.39, 0.29) is 24.0 Å². The van der Waals surface area contributed by atoms with Gasteiger partial charge in [-0.3, -0.25) is 19.8 Å². The molecule has 184 valence electrons. The number of urea groups is 1. The summed E-state index contributed by atoms with van der Waals surface area (Å²) >= 11 is 0. The van der Waals surface area contributed by atoms with Gasteiger partial charge in [0.25, 0.3) is 0 Å². The topological polar surface area (TPSA) is 141 Å². The zero-order valence-corrected chi connectivity index (χ0v) is 20.1. The number of ether oxygens (including phenoxy) is 1. The summed E-state index contributed by atoms with van der Waals surface area (Å²) < 4.78 is 5.02. The number of methoxy groups -OCH3 is 1. The lowest BCUT2D eigenvalue weighted by Gasteiger charge is -2.29. The first-order valence-corrected chi connectivity index (χ1v) is 11.3. The number of aryl methyl sites for hydroxylation is 1. The van der Waals surface area contributed by atoms with Crippen molar-refractivity contribution in [1.82, 2.24) is 14.9 Å². The Hall–Kier alpha value is -4.04. The number of fused-ring (bicyclic) bond motifs is 1. The first-order chi connectivity index (χ1) is 16.9. The highest BCUT2D eigenvalue weighted by atomic mass is 16.5. The highest BCUT2D eigenvalue weighted by molar-refractivity contribution is 6.01. The Labute approximate surface area is 204 Å². The Morgan fingerprint density at radius 3 is 2.86 bits per heavy atom.